The van der Waals surface area contributed by atoms with Gasteiger partial charge in [-0.25, -0.2) is 9.48 Å². The van der Waals surface area contributed by atoms with Gasteiger partial charge in [0.05, 0.1) is 21.4 Å². The van der Waals surface area contributed by atoms with Gasteiger partial charge in [0.2, 0.25) is 0 Å². The van der Waals surface area contributed by atoms with E-state index in [0.717, 1.165) is 0 Å². The van der Waals surface area contributed by atoms with E-state index in [4.69, 9.17) is 23.2 Å². The number of carboxylic acids is 1. The minimum atomic E-state index is -0.999. The van der Waals surface area contributed by atoms with Crippen LogP contribution in [-0.4, -0.2) is 20.9 Å². The van der Waals surface area contributed by atoms with Crippen LogP contribution in [0.25, 0.3) is 5.69 Å². The molecule has 1 aromatic heterocycles. The van der Waals surface area contributed by atoms with Crippen molar-refractivity contribution in [2.24, 2.45) is 0 Å². The molecule has 0 saturated carbocycles. The lowest BCUT2D eigenvalue weighted by molar-refractivity contribution is 0.0694. The van der Waals surface area contributed by atoms with Gasteiger partial charge in [0.15, 0.2) is 0 Å². The minimum absolute atomic E-state index is 0.184. The normalized spacial score (nSPS) is 11.7. The summed E-state index contributed by atoms with van der Waals surface area (Å²) in [6, 6.07) is 5.03. The van der Waals surface area contributed by atoms with Crippen LogP contribution in [0.3, 0.4) is 0 Å². The summed E-state index contributed by atoms with van der Waals surface area (Å²) in [7, 11) is 0. The monoisotopic (exact) mass is 312 g/mol. The van der Waals surface area contributed by atoms with Crippen molar-refractivity contribution >= 4 is 29.2 Å². The summed E-state index contributed by atoms with van der Waals surface area (Å²) in [5.74, 6) is -0.999. The standard InChI is InChI=1S/C14H14Cl2N2O2/c1-14(2,3)12-9(13(19)20)7-18(17-12)8-4-5-10(15)11(16)6-8/h4-7H,1-3H3,(H,19,20). The molecule has 0 bridgehead atoms. The maximum Gasteiger partial charge on any atom is 0.339 e. The largest absolute Gasteiger partial charge is 0.478 e. The molecule has 0 amide bonds. The lowest BCUT2D eigenvalue weighted by Gasteiger charge is -2.15. The van der Waals surface area contributed by atoms with Gasteiger partial charge in [-0.2, -0.15) is 5.10 Å². The first kappa shape index (κ1) is 14.9. The molecule has 4 nitrogen and oxygen atoms in total. The van der Waals surface area contributed by atoms with Crippen molar-refractivity contribution in [3.63, 3.8) is 0 Å². The summed E-state index contributed by atoms with van der Waals surface area (Å²) in [6.45, 7) is 5.75. The van der Waals surface area contributed by atoms with Crippen molar-refractivity contribution in [2.75, 3.05) is 0 Å². The van der Waals surface area contributed by atoms with Gasteiger partial charge in [-0.1, -0.05) is 44.0 Å². The van der Waals surface area contributed by atoms with Gasteiger partial charge in [-0.05, 0) is 18.2 Å². The Hall–Kier alpha value is -1.52. The highest BCUT2D eigenvalue weighted by atomic mass is 35.5. The highest BCUT2D eigenvalue weighted by molar-refractivity contribution is 6.42. The van der Waals surface area contributed by atoms with Crippen molar-refractivity contribution in [1.29, 1.82) is 0 Å². The van der Waals surface area contributed by atoms with Gasteiger partial charge in [0.25, 0.3) is 0 Å². The van der Waals surface area contributed by atoms with E-state index in [0.29, 0.717) is 21.4 Å². The summed E-state index contributed by atoms with van der Waals surface area (Å²) >= 11 is 11.8. The first-order valence-corrected chi connectivity index (χ1v) is 6.74. The fraction of sp³-hybridized carbons (Fsp3) is 0.286. The SMILES string of the molecule is CC(C)(C)c1nn(-c2ccc(Cl)c(Cl)c2)cc1C(=O)O. The van der Waals surface area contributed by atoms with Crippen molar-refractivity contribution in [3.05, 3.63) is 45.7 Å². The number of aromatic carboxylic acids is 1. The van der Waals surface area contributed by atoms with E-state index in [1.54, 1.807) is 18.2 Å². The first-order valence-electron chi connectivity index (χ1n) is 5.99. The van der Waals surface area contributed by atoms with Crippen molar-refractivity contribution in [1.82, 2.24) is 9.78 Å². The van der Waals surface area contributed by atoms with E-state index in [1.807, 2.05) is 20.8 Å². The Labute approximate surface area is 126 Å². The molecule has 1 heterocycles. The number of carbonyl (C=O) groups is 1. The van der Waals surface area contributed by atoms with Gasteiger partial charge in [-0.3, -0.25) is 0 Å². The molecule has 0 saturated heterocycles. The van der Waals surface area contributed by atoms with Crippen molar-refractivity contribution in [3.8, 4) is 5.69 Å². The Balaban J connectivity index is 2.58. The summed E-state index contributed by atoms with van der Waals surface area (Å²) in [6.07, 6.45) is 1.49. The van der Waals surface area contributed by atoms with Gasteiger partial charge >= 0.3 is 5.97 Å². The van der Waals surface area contributed by atoms with E-state index in [1.165, 1.54) is 10.9 Å². The molecule has 6 heteroatoms. The molecule has 0 fully saturated rings. The van der Waals surface area contributed by atoms with Crippen LogP contribution in [0.2, 0.25) is 10.0 Å². The van der Waals surface area contributed by atoms with Gasteiger partial charge in [0.1, 0.15) is 5.56 Å². The third kappa shape index (κ3) is 2.81. The van der Waals surface area contributed by atoms with Crippen LogP contribution in [0.15, 0.2) is 24.4 Å². The Kier molecular flexibility index (Phi) is 3.80. The molecule has 0 aliphatic rings. The zero-order chi connectivity index (χ0) is 15.1. The van der Waals surface area contributed by atoms with Crippen LogP contribution in [0.4, 0.5) is 0 Å². The van der Waals surface area contributed by atoms with E-state index in [2.05, 4.69) is 5.10 Å². The predicted octanol–water partition coefficient (Wildman–Crippen LogP) is 4.17. The smallest absolute Gasteiger partial charge is 0.339 e. The topological polar surface area (TPSA) is 55.1 Å². The average molecular weight is 313 g/mol. The van der Waals surface area contributed by atoms with Gasteiger partial charge < -0.3 is 5.11 Å². The average Bonchev–Trinajstić information content (AvgIpc) is 2.77. The number of hydrogen-bond donors (Lipinski definition) is 1. The second-order valence-electron chi connectivity index (χ2n) is 5.49. The van der Waals surface area contributed by atoms with Crippen LogP contribution < -0.4 is 0 Å². The summed E-state index contributed by atoms with van der Waals surface area (Å²) in [5.41, 5.74) is 1.01. The maximum absolute atomic E-state index is 11.3. The lowest BCUT2D eigenvalue weighted by atomic mass is 9.90. The van der Waals surface area contributed by atoms with Crippen LogP contribution in [0, 0.1) is 0 Å². The molecular formula is C14H14Cl2N2O2. The summed E-state index contributed by atoms with van der Waals surface area (Å²) in [4.78, 5) is 11.3. The fourth-order valence-corrected chi connectivity index (χ4v) is 2.14. The van der Waals surface area contributed by atoms with Crippen molar-refractivity contribution < 1.29 is 9.90 Å². The second-order valence-corrected chi connectivity index (χ2v) is 6.30. The quantitative estimate of drug-likeness (QED) is 0.905. The Bertz CT molecular complexity index is 672. The molecule has 20 heavy (non-hydrogen) atoms. The van der Waals surface area contributed by atoms with E-state index in [-0.39, 0.29) is 11.0 Å². The third-order valence-electron chi connectivity index (χ3n) is 2.82. The number of rotatable bonds is 2. The van der Waals surface area contributed by atoms with E-state index in [9.17, 15) is 9.90 Å². The molecule has 0 spiro atoms. The molecule has 0 atom stereocenters. The number of nitrogens with zero attached hydrogens (tertiary/aromatic N) is 2. The molecule has 2 rings (SSSR count). The van der Waals surface area contributed by atoms with E-state index < -0.39 is 5.97 Å². The zero-order valence-corrected chi connectivity index (χ0v) is 12.8. The molecule has 0 aliphatic heterocycles. The highest BCUT2D eigenvalue weighted by Gasteiger charge is 2.26. The summed E-state index contributed by atoms with van der Waals surface area (Å²) in [5, 5.41) is 14.5. The van der Waals surface area contributed by atoms with Gasteiger partial charge in [0, 0.05) is 11.6 Å². The number of halogens is 2. The summed E-state index contributed by atoms with van der Waals surface area (Å²) < 4.78 is 1.51. The second kappa shape index (κ2) is 5.11. The molecule has 0 unspecified atom stereocenters. The lowest BCUT2D eigenvalue weighted by Crippen LogP contribution is -2.16. The minimum Gasteiger partial charge on any atom is -0.478 e. The number of aromatic nitrogens is 2. The number of carboxylic acid groups (broad SMARTS) is 1. The molecule has 106 valence electrons. The van der Waals surface area contributed by atoms with Crippen molar-refractivity contribution in [2.45, 2.75) is 26.2 Å². The Morgan fingerprint density at radius 3 is 2.35 bits per heavy atom. The van der Waals surface area contributed by atoms with Gasteiger partial charge in [-0.15, -0.1) is 0 Å². The highest BCUT2D eigenvalue weighted by Crippen LogP contribution is 2.28. The number of benzene rings is 1. The third-order valence-corrected chi connectivity index (χ3v) is 3.56. The van der Waals surface area contributed by atoms with Crippen LogP contribution in [0.5, 0.6) is 0 Å². The van der Waals surface area contributed by atoms with Crippen LogP contribution >= 0.6 is 23.2 Å². The van der Waals surface area contributed by atoms with E-state index >= 15 is 0 Å². The van der Waals surface area contributed by atoms with Crippen LogP contribution in [0.1, 0.15) is 36.8 Å². The fourth-order valence-electron chi connectivity index (χ4n) is 1.84. The maximum atomic E-state index is 11.3. The van der Waals surface area contributed by atoms with Crippen LogP contribution in [-0.2, 0) is 5.41 Å². The predicted molar refractivity (Wildman–Crippen MR) is 79.2 cm³/mol. The number of hydrogen-bond acceptors (Lipinski definition) is 2. The molecule has 0 aliphatic carbocycles. The zero-order valence-electron chi connectivity index (χ0n) is 11.3. The molecule has 0 radical (unpaired) electrons. The molecular weight excluding hydrogens is 299 g/mol. The Morgan fingerprint density at radius 1 is 1.25 bits per heavy atom. The molecule has 2 aromatic rings. The molecule has 1 N–H and O–H groups in total. The first-order chi connectivity index (χ1) is 9.20. The Morgan fingerprint density at radius 2 is 1.90 bits per heavy atom. The molecule has 1 aromatic carbocycles.